The lowest BCUT2D eigenvalue weighted by atomic mass is 9.75. The van der Waals surface area contributed by atoms with Crippen LogP contribution in [0.3, 0.4) is 0 Å². The predicted molar refractivity (Wildman–Crippen MR) is 76.4 cm³/mol. The summed E-state index contributed by atoms with van der Waals surface area (Å²) in [5, 5.41) is 0. The van der Waals surface area contributed by atoms with Gasteiger partial charge in [0.25, 0.3) is 0 Å². The minimum atomic E-state index is 0.469. The first-order valence-corrected chi connectivity index (χ1v) is 7.88. The third-order valence-corrected chi connectivity index (χ3v) is 5.20. The van der Waals surface area contributed by atoms with Crippen LogP contribution in [0.25, 0.3) is 0 Å². The van der Waals surface area contributed by atoms with E-state index in [0.717, 1.165) is 37.3 Å². The Labute approximate surface area is 113 Å². The first-order valence-electron chi connectivity index (χ1n) is 7.88. The molecule has 0 bridgehead atoms. The molecule has 2 aliphatic carbocycles. The minimum Gasteiger partial charge on any atom is -0.377 e. The van der Waals surface area contributed by atoms with Gasteiger partial charge in [0.2, 0.25) is 0 Å². The molecule has 0 amide bonds. The van der Waals surface area contributed by atoms with Crippen molar-refractivity contribution in [3.63, 3.8) is 0 Å². The molecule has 0 radical (unpaired) electrons. The predicted octanol–water partition coefficient (Wildman–Crippen LogP) is 3.59. The molecule has 2 nitrogen and oxygen atoms in total. The molecule has 0 aromatic heterocycles. The first-order chi connectivity index (χ1) is 8.56. The highest BCUT2D eigenvalue weighted by molar-refractivity contribution is 4.94. The van der Waals surface area contributed by atoms with Crippen LogP contribution in [-0.4, -0.2) is 19.3 Å². The van der Waals surface area contributed by atoms with E-state index in [4.69, 9.17) is 10.5 Å². The lowest BCUT2D eigenvalue weighted by molar-refractivity contribution is -0.0561. The molecule has 2 aliphatic rings. The summed E-state index contributed by atoms with van der Waals surface area (Å²) in [6.45, 7) is 8.86. The average molecular weight is 253 g/mol. The van der Waals surface area contributed by atoms with E-state index in [1.54, 1.807) is 0 Å². The minimum absolute atomic E-state index is 0.469. The molecule has 0 saturated heterocycles. The molecule has 2 heteroatoms. The van der Waals surface area contributed by atoms with Gasteiger partial charge in [-0.1, -0.05) is 27.2 Å². The van der Waals surface area contributed by atoms with Gasteiger partial charge in [-0.2, -0.15) is 0 Å². The van der Waals surface area contributed by atoms with E-state index in [9.17, 15) is 0 Å². The second-order valence-corrected chi connectivity index (χ2v) is 7.21. The summed E-state index contributed by atoms with van der Waals surface area (Å²) >= 11 is 0. The Bertz CT molecular complexity index is 260. The number of hydrogen-bond acceptors (Lipinski definition) is 2. The number of ether oxygens (including phenoxy) is 1. The number of rotatable bonds is 6. The van der Waals surface area contributed by atoms with Crippen molar-refractivity contribution in [1.82, 2.24) is 0 Å². The van der Waals surface area contributed by atoms with Gasteiger partial charge in [0.05, 0.1) is 12.7 Å². The van der Waals surface area contributed by atoms with Crippen LogP contribution in [0, 0.1) is 23.2 Å². The molecule has 3 unspecified atom stereocenters. The van der Waals surface area contributed by atoms with E-state index in [0.29, 0.717) is 11.5 Å². The fourth-order valence-electron chi connectivity index (χ4n) is 3.54. The monoisotopic (exact) mass is 253 g/mol. The van der Waals surface area contributed by atoms with Gasteiger partial charge in [0, 0.05) is 0 Å². The van der Waals surface area contributed by atoms with Gasteiger partial charge in [-0.25, -0.2) is 0 Å². The summed E-state index contributed by atoms with van der Waals surface area (Å²) in [4.78, 5) is 0. The Hall–Kier alpha value is -0.0800. The summed E-state index contributed by atoms with van der Waals surface area (Å²) in [7, 11) is 0. The lowest BCUT2D eigenvalue weighted by Gasteiger charge is -2.38. The van der Waals surface area contributed by atoms with E-state index < -0.39 is 0 Å². The topological polar surface area (TPSA) is 35.2 Å². The average Bonchev–Trinajstić information content (AvgIpc) is 3.07. The van der Waals surface area contributed by atoms with E-state index in [1.807, 2.05) is 0 Å². The molecule has 2 rings (SSSR count). The molecule has 2 N–H and O–H groups in total. The molecule has 0 heterocycles. The molecule has 0 aromatic carbocycles. The van der Waals surface area contributed by atoms with Crippen LogP contribution in [0.1, 0.15) is 59.3 Å². The Morgan fingerprint density at radius 3 is 2.56 bits per heavy atom. The Balaban J connectivity index is 1.85. The van der Waals surface area contributed by atoms with Crippen molar-refractivity contribution in [3.05, 3.63) is 0 Å². The highest BCUT2D eigenvalue weighted by Crippen LogP contribution is 2.49. The quantitative estimate of drug-likeness (QED) is 0.785. The second kappa shape index (κ2) is 5.92. The van der Waals surface area contributed by atoms with Gasteiger partial charge < -0.3 is 10.5 Å². The first kappa shape index (κ1) is 14.3. The smallest absolute Gasteiger partial charge is 0.0608 e. The molecular weight excluding hydrogens is 222 g/mol. The van der Waals surface area contributed by atoms with Gasteiger partial charge in [-0.3, -0.25) is 0 Å². The zero-order valence-electron chi connectivity index (χ0n) is 12.5. The Kier molecular flexibility index (Phi) is 4.71. The van der Waals surface area contributed by atoms with Gasteiger partial charge in [0.1, 0.15) is 0 Å². The fraction of sp³-hybridized carbons (Fsp3) is 1.00. The highest BCUT2D eigenvalue weighted by Gasteiger charge is 2.43. The van der Waals surface area contributed by atoms with Crippen molar-refractivity contribution in [2.24, 2.45) is 28.9 Å². The third kappa shape index (κ3) is 3.48. The van der Waals surface area contributed by atoms with Gasteiger partial charge >= 0.3 is 0 Å². The van der Waals surface area contributed by atoms with Crippen LogP contribution in [0.4, 0.5) is 0 Å². The van der Waals surface area contributed by atoms with Gasteiger partial charge in [-0.15, -0.1) is 0 Å². The van der Waals surface area contributed by atoms with E-state index in [2.05, 4.69) is 20.8 Å². The van der Waals surface area contributed by atoms with Gasteiger partial charge in [-0.05, 0) is 61.8 Å². The zero-order valence-corrected chi connectivity index (χ0v) is 12.5. The maximum Gasteiger partial charge on any atom is 0.0608 e. The van der Waals surface area contributed by atoms with Crippen molar-refractivity contribution in [3.8, 4) is 0 Å². The summed E-state index contributed by atoms with van der Waals surface area (Å²) < 4.78 is 6.35. The van der Waals surface area contributed by atoms with Crippen molar-refractivity contribution in [2.45, 2.75) is 65.4 Å². The standard InChI is InChI=1S/C16H31NO/c1-12(2)14-5-4-13(3)10-15(14)18-11-16(6-7-16)8-9-17/h12-15H,4-11,17H2,1-3H3. The van der Waals surface area contributed by atoms with Crippen LogP contribution < -0.4 is 5.73 Å². The van der Waals surface area contributed by atoms with Crippen LogP contribution in [0.2, 0.25) is 0 Å². The maximum absolute atomic E-state index is 6.35. The summed E-state index contributed by atoms with van der Waals surface area (Å²) in [6, 6.07) is 0. The molecule has 0 aromatic rings. The third-order valence-electron chi connectivity index (χ3n) is 5.20. The zero-order chi connectivity index (χ0) is 13.2. The molecule has 2 fully saturated rings. The maximum atomic E-state index is 6.35. The fourth-order valence-corrected chi connectivity index (χ4v) is 3.54. The van der Waals surface area contributed by atoms with Crippen LogP contribution >= 0.6 is 0 Å². The van der Waals surface area contributed by atoms with E-state index >= 15 is 0 Å². The Morgan fingerprint density at radius 2 is 2.00 bits per heavy atom. The molecule has 2 saturated carbocycles. The Morgan fingerprint density at radius 1 is 1.28 bits per heavy atom. The second-order valence-electron chi connectivity index (χ2n) is 7.21. The summed E-state index contributed by atoms with van der Waals surface area (Å²) in [5.41, 5.74) is 6.17. The number of nitrogens with two attached hydrogens (primary N) is 1. The molecule has 0 aliphatic heterocycles. The van der Waals surface area contributed by atoms with Crippen molar-refractivity contribution >= 4 is 0 Å². The van der Waals surface area contributed by atoms with Crippen LogP contribution in [-0.2, 0) is 4.74 Å². The highest BCUT2D eigenvalue weighted by atomic mass is 16.5. The van der Waals surface area contributed by atoms with Gasteiger partial charge in [0.15, 0.2) is 0 Å². The van der Waals surface area contributed by atoms with E-state index in [1.165, 1.54) is 32.1 Å². The molecule has 0 spiro atoms. The van der Waals surface area contributed by atoms with Crippen LogP contribution in [0.5, 0.6) is 0 Å². The molecule has 106 valence electrons. The largest absolute Gasteiger partial charge is 0.377 e. The molecule has 3 atom stereocenters. The number of hydrogen-bond donors (Lipinski definition) is 1. The van der Waals surface area contributed by atoms with Crippen molar-refractivity contribution in [1.29, 1.82) is 0 Å². The summed E-state index contributed by atoms with van der Waals surface area (Å²) in [6.07, 6.45) is 8.33. The lowest BCUT2D eigenvalue weighted by Crippen LogP contribution is -2.35. The van der Waals surface area contributed by atoms with Crippen molar-refractivity contribution < 1.29 is 4.74 Å². The van der Waals surface area contributed by atoms with Crippen LogP contribution in [0.15, 0.2) is 0 Å². The van der Waals surface area contributed by atoms with Crippen molar-refractivity contribution in [2.75, 3.05) is 13.2 Å². The SMILES string of the molecule is CC1CCC(C(C)C)C(OCC2(CCN)CC2)C1. The van der Waals surface area contributed by atoms with E-state index in [-0.39, 0.29) is 0 Å². The molecule has 18 heavy (non-hydrogen) atoms. The molecular formula is C16H31NO. The normalized spacial score (nSPS) is 34.8. The summed E-state index contributed by atoms with van der Waals surface area (Å²) in [5.74, 6) is 2.37.